The molecule has 4 heteroatoms. The Morgan fingerprint density at radius 1 is 0.958 bits per heavy atom. The van der Waals surface area contributed by atoms with E-state index in [4.69, 9.17) is 4.84 Å². The van der Waals surface area contributed by atoms with E-state index in [0.29, 0.717) is 6.61 Å². The Labute approximate surface area is 144 Å². The molecule has 1 saturated carbocycles. The number of amides is 2. The molecule has 132 valence electrons. The molecule has 4 unspecified atom stereocenters. The Morgan fingerprint density at radius 2 is 1.50 bits per heavy atom. The SMILES string of the molecule is C=CCCCCCCCCCON1C(=O)C2C3C=CC(C3)C2C1=O. The van der Waals surface area contributed by atoms with Crippen LogP contribution in [0.2, 0.25) is 0 Å². The first-order valence-electron chi connectivity index (χ1n) is 9.54. The molecule has 1 saturated heterocycles. The topological polar surface area (TPSA) is 46.6 Å². The lowest BCUT2D eigenvalue weighted by Crippen LogP contribution is -2.33. The molecule has 0 aromatic carbocycles. The third-order valence-electron chi connectivity index (χ3n) is 5.70. The lowest BCUT2D eigenvalue weighted by molar-refractivity contribution is -0.190. The number of hydroxylamine groups is 2. The van der Waals surface area contributed by atoms with Crippen LogP contribution >= 0.6 is 0 Å². The Kier molecular flexibility index (Phi) is 5.88. The van der Waals surface area contributed by atoms with Crippen molar-refractivity contribution in [2.75, 3.05) is 6.61 Å². The number of carbonyl (C=O) groups is 2. The smallest absolute Gasteiger partial charge is 0.258 e. The largest absolute Gasteiger partial charge is 0.272 e. The lowest BCUT2D eigenvalue weighted by atomic mass is 9.85. The molecule has 2 fully saturated rings. The summed E-state index contributed by atoms with van der Waals surface area (Å²) in [5.41, 5.74) is 0. The molecule has 3 rings (SSSR count). The van der Waals surface area contributed by atoms with Crippen LogP contribution in [0.15, 0.2) is 24.8 Å². The van der Waals surface area contributed by atoms with Gasteiger partial charge in [-0.3, -0.25) is 14.4 Å². The minimum Gasteiger partial charge on any atom is -0.272 e. The van der Waals surface area contributed by atoms with Crippen LogP contribution < -0.4 is 0 Å². The van der Waals surface area contributed by atoms with Crippen molar-refractivity contribution in [2.45, 2.75) is 57.8 Å². The maximum atomic E-state index is 12.4. The maximum absolute atomic E-state index is 12.4. The molecule has 0 aromatic rings. The molecular formula is C20H29NO3. The Bertz CT molecular complexity index is 483. The number of nitrogens with zero attached hydrogens (tertiary/aromatic N) is 1. The number of imide groups is 1. The van der Waals surface area contributed by atoms with Gasteiger partial charge >= 0.3 is 0 Å². The van der Waals surface area contributed by atoms with Crippen molar-refractivity contribution in [2.24, 2.45) is 23.7 Å². The first-order valence-corrected chi connectivity index (χ1v) is 9.54. The highest BCUT2D eigenvalue weighted by molar-refractivity contribution is 6.05. The molecule has 2 bridgehead atoms. The summed E-state index contributed by atoms with van der Waals surface area (Å²) in [6, 6.07) is 0. The summed E-state index contributed by atoms with van der Waals surface area (Å²) < 4.78 is 0. The molecule has 3 aliphatic rings. The summed E-state index contributed by atoms with van der Waals surface area (Å²) in [5, 5.41) is 1.08. The fourth-order valence-corrected chi connectivity index (χ4v) is 4.43. The number of rotatable bonds is 11. The normalized spacial score (nSPS) is 30.4. The molecule has 0 spiro atoms. The molecule has 4 atom stereocenters. The predicted molar refractivity (Wildman–Crippen MR) is 92.7 cm³/mol. The van der Waals surface area contributed by atoms with E-state index >= 15 is 0 Å². The second-order valence-corrected chi connectivity index (χ2v) is 7.36. The van der Waals surface area contributed by atoms with E-state index in [1.165, 1.54) is 32.1 Å². The van der Waals surface area contributed by atoms with Crippen molar-refractivity contribution in [1.29, 1.82) is 0 Å². The minimum atomic E-state index is -0.150. The zero-order valence-corrected chi connectivity index (χ0v) is 14.5. The molecule has 0 radical (unpaired) electrons. The van der Waals surface area contributed by atoms with E-state index in [1.807, 2.05) is 6.08 Å². The second kappa shape index (κ2) is 8.11. The molecule has 1 aliphatic heterocycles. The summed E-state index contributed by atoms with van der Waals surface area (Å²) in [7, 11) is 0. The minimum absolute atomic E-state index is 0.107. The fourth-order valence-electron chi connectivity index (χ4n) is 4.43. The fraction of sp³-hybridized carbons (Fsp3) is 0.700. The second-order valence-electron chi connectivity index (χ2n) is 7.36. The van der Waals surface area contributed by atoms with E-state index in [2.05, 4.69) is 18.7 Å². The van der Waals surface area contributed by atoms with E-state index in [9.17, 15) is 9.59 Å². The average molecular weight is 331 g/mol. The zero-order chi connectivity index (χ0) is 16.9. The first kappa shape index (κ1) is 17.4. The van der Waals surface area contributed by atoms with Crippen molar-refractivity contribution in [1.82, 2.24) is 5.06 Å². The maximum Gasteiger partial charge on any atom is 0.258 e. The number of fused-ring (bicyclic) bond motifs is 5. The first-order chi connectivity index (χ1) is 11.7. The number of carbonyl (C=O) groups excluding carboxylic acids is 2. The van der Waals surface area contributed by atoms with E-state index in [-0.39, 0.29) is 35.5 Å². The molecule has 2 aliphatic carbocycles. The Hall–Kier alpha value is -1.42. The van der Waals surface area contributed by atoms with Crippen LogP contribution in [0.4, 0.5) is 0 Å². The van der Waals surface area contributed by atoms with Crippen LogP contribution in [0.5, 0.6) is 0 Å². The number of allylic oxidation sites excluding steroid dienone is 3. The van der Waals surface area contributed by atoms with Gasteiger partial charge in [-0.05, 0) is 37.5 Å². The van der Waals surface area contributed by atoms with Gasteiger partial charge in [0, 0.05) is 0 Å². The van der Waals surface area contributed by atoms with Crippen LogP contribution in [0, 0.1) is 23.7 Å². The van der Waals surface area contributed by atoms with Gasteiger partial charge in [-0.1, -0.05) is 50.3 Å². The van der Waals surface area contributed by atoms with Gasteiger partial charge in [-0.25, -0.2) is 0 Å². The molecular weight excluding hydrogens is 302 g/mol. The Morgan fingerprint density at radius 3 is 2.08 bits per heavy atom. The number of hydrogen-bond acceptors (Lipinski definition) is 3. The van der Waals surface area contributed by atoms with Crippen LogP contribution in [0.25, 0.3) is 0 Å². The van der Waals surface area contributed by atoms with Crippen molar-refractivity contribution in [3.8, 4) is 0 Å². The molecule has 2 amide bonds. The van der Waals surface area contributed by atoms with Gasteiger partial charge in [-0.2, -0.15) is 5.06 Å². The van der Waals surface area contributed by atoms with Gasteiger partial charge in [0.05, 0.1) is 18.4 Å². The Balaban J connectivity index is 1.29. The highest BCUT2D eigenvalue weighted by Crippen LogP contribution is 2.52. The van der Waals surface area contributed by atoms with Gasteiger partial charge in [0.1, 0.15) is 0 Å². The standard InChI is InChI=1S/C20H29NO3/c1-2-3-4-5-6-7-8-9-10-13-24-21-19(22)17-15-11-12-16(14-15)18(17)20(21)23/h2,11-12,15-18H,1,3-10,13-14H2. The van der Waals surface area contributed by atoms with E-state index < -0.39 is 0 Å². The average Bonchev–Trinajstić information content (AvgIpc) is 3.25. The highest BCUT2D eigenvalue weighted by Gasteiger charge is 2.60. The molecule has 4 nitrogen and oxygen atoms in total. The number of hydrogen-bond donors (Lipinski definition) is 0. The van der Waals surface area contributed by atoms with Crippen LogP contribution in [0.1, 0.15) is 57.8 Å². The lowest BCUT2D eigenvalue weighted by Gasteiger charge is -2.16. The molecule has 24 heavy (non-hydrogen) atoms. The quantitative estimate of drug-likeness (QED) is 0.326. The van der Waals surface area contributed by atoms with Gasteiger partial charge in [0.15, 0.2) is 0 Å². The van der Waals surface area contributed by atoms with E-state index in [1.54, 1.807) is 0 Å². The van der Waals surface area contributed by atoms with Crippen LogP contribution in [-0.2, 0) is 14.4 Å². The third-order valence-corrected chi connectivity index (χ3v) is 5.70. The predicted octanol–water partition coefficient (Wildman–Crippen LogP) is 4.03. The third kappa shape index (κ3) is 3.49. The van der Waals surface area contributed by atoms with Gasteiger partial charge in [0.25, 0.3) is 11.8 Å². The molecule has 0 N–H and O–H groups in total. The van der Waals surface area contributed by atoms with Gasteiger partial charge in [0.2, 0.25) is 0 Å². The van der Waals surface area contributed by atoms with Crippen LogP contribution in [0.3, 0.4) is 0 Å². The van der Waals surface area contributed by atoms with Crippen molar-refractivity contribution >= 4 is 11.8 Å². The highest BCUT2D eigenvalue weighted by atomic mass is 16.7. The van der Waals surface area contributed by atoms with Crippen molar-refractivity contribution in [3.63, 3.8) is 0 Å². The van der Waals surface area contributed by atoms with Crippen molar-refractivity contribution in [3.05, 3.63) is 24.8 Å². The summed E-state index contributed by atoms with van der Waals surface area (Å²) in [6.45, 7) is 4.20. The summed E-state index contributed by atoms with van der Waals surface area (Å²) >= 11 is 0. The van der Waals surface area contributed by atoms with Gasteiger partial charge < -0.3 is 0 Å². The number of unbranched alkanes of at least 4 members (excludes halogenated alkanes) is 7. The monoisotopic (exact) mass is 331 g/mol. The molecule has 0 aromatic heterocycles. The summed E-state index contributed by atoms with van der Waals surface area (Å²) in [4.78, 5) is 30.4. The van der Waals surface area contributed by atoms with Crippen molar-refractivity contribution < 1.29 is 14.4 Å². The van der Waals surface area contributed by atoms with Crippen LogP contribution in [-0.4, -0.2) is 23.5 Å². The summed E-state index contributed by atoms with van der Waals surface area (Å²) in [6.07, 6.45) is 16.5. The zero-order valence-electron chi connectivity index (χ0n) is 14.5. The summed E-state index contributed by atoms with van der Waals surface area (Å²) in [5.74, 6) is -0.00320. The molecule has 1 heterocycles. The van der Waals surface area contributed by atoms with E-state index in [0.717, 1.165) is 30.7 Å². The van der Waals surface area contributed by atoms with Gasteiger partial charge in [-0.15, -0.1) is 6.58 Å².